The maximum absolute atomic E-state index is 13.0. The van der Waals surface area contributed by atoms with E-state index in [-0.39, 0.29) is 18.4 Å². The molecule has 0 saturated heterocycles. The number of amides is 2. The van der Waals surface area contributed by atoms with Gasteiger partial charge in [0.25, 0.3) is 11.8 Å². The number of carbonyl (C=O) groups excluding carboxylic acids is 2. The van der Waals surface area contributed by atoms with Gasteiger partial charge in [-0.25, -0.2) is 0 Å². The molecule has 0 N–H and O–H groups in total. The van der Waals surface area contributed by atoms with E-state index in [1.54, 1.807) is 18.2 Å². The molecule has 0 heterocycles. The van der Waals surface area contributed by atoms with Crippen molar-refractivity contribution in [3.05, 3.63) is 113 Å². The van der Waals surface area contributed by atoms with Gasteiger partial charge in [-0.2, -0.15) is 0 Å². The number of imide groups is 1. The Bertz CT molecular complexity index is 929. The van der Waals surface area contributed by atoms with Crippen LogP contribution in [-0.2, 0) is 11.3 Å². The molecule has 3 rings (SSSR count). The molecule has 0 aliphatic heterocycles. The highest BCUT2D eigenvalue weighted by Gasteiger charge is 2.21. The van der Waals surface area contributed by atoms with Gasteiger partial charge in [-0.1, -0.05) is 78.4 Å². The topological polar surface area (TPSA) is 37.4 Å². The van der Waals surface area contributed by atoms with Crippen molar-refractivity contribution >= 4 is 17.9 Å². The number of hydrogen-bond donors (Lipinski definition) is 0. The maximum Gasteiger partial charge on any atom is 0.261 e. The van der Waals surface area contributed by atoms with Crippen molar-refractivity contribution in [2.24, 2.45) is 0 Å². The smallest absolute Gasteiger partial charge is 0.261 e. The van der Waals surface area contributed by atoms with Crippen molar-refractivity contribution in [2.75, 3.05) is 0 Å². The molecule has 0 aromatic heterocycles. The van der Waals surface area contributed by atoms with Gasteiger partial charge in [0.05, 0.1) is 6.54 Å². The van der Waals surface area contributed by atoms with Gasteiger partial charge in [-0.05, 0) is 36.3 Å². The summed E-state index contributed by atoms with van der Waals surface area (Å²) in [7, 11) is 0. The second-order valence-electron chi connectivity index (χ2n) is 6.33. The Morgan fingerprint density at radius 1 is 0.815 bits per heavy atom. The lowest BCUT2D eigenvalue weighted by Crippen LogP contribution is -2.35. The summed E-state index contributed by atoms with van der Waals surface area (Å²) in [5.74, 6) is -0.644. The van der Waals surface area contributed by atoms with E-state index in [4.69, 9.17) is 0 Å². The monoisotopic (exact) mass is 355 g/mol. The molecule has 3 aromatic carbocycles. The number of hydrogen-bond acceptors (Lipinski definition) is 2. The second-order valence-corrected chi connectivity index (χ2v) is 6.33. The average molecular weight is 355 g/mol. The average Bonchev–Trinajstić information content (AvgIpc) is 2.72. The summed E-state index contributed by atoms with van der Waals surface area (Å²) in [5.41, 5.74) is 3.38. The van der Waals surface area contributed by atoms with E-state index in [9.17, 15) is 9.59 Å². The lowest BCUT2D eigenvalue weighted by Gasteiger charge is -2.20. The van der Waals surface area contributed by atoms with E-state index in [0.29, 0.717) is 5.56 Å². The van der Waals surface area contributed by atoms with Crippen molar-refractivity contribution in [1.82, 2.24) is 4.90 Å². The van der Waals surface area contributed by atoms with Crippen LogP contribution in [0.3, 0.4) is 0 Å². The predicted octanol–water partition coefficient (Wildman–Crippen LogP) is 4.88. The fraction of sp³-hybridized carbons (Fsp3) is 0.0833. The summed E-state index contributed by atoms with van der Waals surface area (Å²) < 4.78 is 0. The van der Waals surface area contributed by atoms with E-state index in [1.807, 2.05) is 79.7 Å². The van der Waals surface area contributed by atoms with Crippen LogP contribution in [0.4, 0.5) is 0 Å². The minimum absolute atomic E-state index is 0.228. The van der Waals surface area contributed by atoms with Crippen LogP contribution in [0.25, 0.3) is 6.08 Å². The number of carbonyl (C=O) groups is 2. The molecule has 134 valence electrons. The third kappa shape index (κ3) is 5.02. The van der Waals surface area contributed by atoms with Crippen LogP contribution in [0.2, 0.25) is 0 Å². The fourth-order valence-corrected chi connectivity index (χ4v) is 2.69. The Morgan fingerprint density at radius 2 is 1.41 bits per heavy atom. The van der Waals surface area contributed by atoms with E-state index in [0.717, 1.165) is 16.7 Å². The van der Waals surface area contributed by atoms with Crippen LogP contribution in [0.5, 0.6) is 0 Å². The highest BCUT2D eigenvalue weighted by molar-refractivity contribution is 6.09. The SMILES string of the molecule is Cc1ccc(C(=O)N(Cc2ccccc2)C(=O)/C=C/c2ccccc2)cc1. The van der Waals surface area contributed by atoms with Crippen molar-refractivity contribution in [1.29, 1.82) is 0 Å². The summed E-state index contributed by atoms with van der Waals surface area (Å²) in [6, 6.07) is 26.3. The van der Waals surface area contributed by atoms with Gasteiger partial charge in [0.2, 0.25) is 0 Å². The molecule has 0 bridgehead atoms. The van der Waals surface area contributed by atoms with Crippen LogP contribution in [-0.4, -0.2) is 16.7 Å². The van der Waals surface area contributed by atoms with Gasteiger partial charge in [0.15, 0.2) is 0 Å². The van der Waals surface area contributed by atoms with Crippen molar-refractivity contribution in [3.8, 4) is 0 Å². The zero-order valence-corrected chi connectivity index (χ0v) is 15.2. The Balaban J connectivity index is 1.86. The first-order valence-electron chi connectivity index (χ1n) is 8.83. The summed E-state index contributed by atoms with van der Waals surface area (Å²) in [4.78, 5) is 27.1. The summed E-state index contributed by atoms with van der Waals surface area (Å²) >= 11 is 0. The molecule has 3 nitrogen and oxygen atoms in total. The summed E-state index contributed by atoms with van der Waals surface area (Å²) in [6.45, 7) is 2.19. The van der Waals surface area contributed by atoms with Crippen molar-refractivity contribution in [3.63, 3.8) is 0 Å². The van der Waals surface area contributed by atoms with Gasteiger partial charge in [-0.15, -0.1) is 0 Å². The van der Waals surface area contributed by atoms with Gasteiger partial charge in [-0.3, -0.25) is 14.5 Å². The first kappa shape index (κ1) is 18.3. The number of aryl methyl sites for hydroxylation is 1. The Labute approximate surface area is 159 Å². The Kier molecular flexibility index (Phi) is 5.95. The van der Waals surface area contributed by atoms with Crippen LogP contribution < -0.4 is 0 Å². The van der Waals surface area contributed by atoms with E-state index in [2.05, 4.69) is 0 Å². The zero-order valence-electron chi connectivity index (χ0n) is 15.2. The molecule has 0 atom stereocenters. The third-order valence-corrected chi connectivity index (χ3v) is 4.21. The van der Waals surface area contributed by atoms with Gasteiger partial charge >= 0.3 is 0 Å². The molecule has 2 amide bonds. The van der Waals surface area contributed by atoms with Crippen LogP contribution in [0.15, 0.2) is 91.0 Å². The molecule has 0 unspecified atom stereocenters. The molecular formula is C24H21NO2. The second kappa shape index (κ2) is 8.77. The van der Waals surface area contributed by atoms with E-state index < -0.39 is 0 Å². The molecule has 0 saturated carbocycles. The maximum atomic E-state index is 13.0. The first-order chi connectivity index (χ1) is 13.1. The van der Waals surface area contributed by atoms with Crippen molar-refractivity contribution < 1.29 is 9.59 Å². The van der Waals surface area contributed by atoms with Gasteiger partial charge in [0, 0.05) is 11.6 Å². The molecule has 0 fully saturated rings. The Hall–Kier alpha value is -3.46. The number of rotatable bonds is 5. The zero-order chi connectivity index (χ0) is 19.1. The molecule has 3 aromatic rings. The fourth-order valence-electron chi connectivity index (χ4n) is 2.69. The molecule has 0 spiro atoms. The molecule has 3 heteroatoms. The molecular weight excluding hydrogens is 334 g/mol. The summed E-state index contributed by atoms with van der Waals surface area (Å²) in [6.07, 6.45) is 3.17. The lowest BCUT2D eigenvalue weighted by atomic mass is 10.1. The first-order valence-corrected chi connectivity index (χ1v) is 8.83. The van der Waals surface area contributed by atoms with E-state index >= 15 is 0 Å². The van der Waals surface area contributed by atoms with Crippen LogP contribution in [0.1, 0.15) is 27.0 Å². The van der Waals surface area contributed by atoms with Crippen molar-refractivity contribution in [2.45, 2.75) is 13.5 Å². The normalized spacial score (nSPS) is 10.7. The standard InChI is InChI=1S/C24H21NO2/c1-19-12-15-22(16-13-19)24(27)25(18-21-10-6-3-7-11-21)23(26)17-14-20-8-4-2-5-9-20/h2-17H,18H2,1H3/b17-14+. The Morgan fingerprint density at radius 3 is 2.04 bits per heavy atom. The minimum Gasteiger partial charge on any atom is -0.270 e. The largest absolute Gasteiger partial charge is 0.270 e. The molecule has 0 radical (unpaired) electrons. The van der Waals surface area contributed by atoms with Crippen LogP contribution >= 0.6 is 0 Å². The van der Waals surface area contributed by atoms with E-state index in [1.165, 1.54) is 11.0 Å². The highest BCUT2D eigenvalue weighted by atomic mass is 16.2. The molecule has 0 aliphatic rings. The molecule has 27 heavy (non-hydrogen) atoms. The minimum atomic E-state index is -0.340. The number of benzene rings is 3. The van der Waals surface area contributed by atoms with Gasteiger partial charge in [0.1, 0.15) is 0 Å². The lowest BCUT2D eigenvalue weighted by molar-refractivity contribution is -0.124. The quantitative estimate of drug-likeness (QED) is 0.612. The number of nitrogens with zero attached hydrogens (tertiary/aromatic N) is 1. The predicted molar refractivity (Wildman–Crippen MR) is 108 cm³/mol. The summed E-state index contributed by atoms with van der Waals surface area (Å²) in [5, 5.41) is 0. The highest BCUT2D eigenvalue weighted by Crippen LogP contribution is 2.13. The third-order valence-electron chi connectivity index (χ3n) is 4.21. The van der Waals surface area contributed by atoms with Crippen LogP contribution in [0, 0.1) is 6.92 Å². The van der Waals surface area contributed by atoms with Gasteiger partial charge < -0.3 is 0 Å². The molecule has 0 aliphatic carbocycles.